The average Bonchev–Trinajstić information content (AvgIpc) is 2.52. The fraction of sp³-hybridized carbons (Fsp3) is 0.250. The van der Waals surface area contributed by atoms with Gasteiger partial charge in [0.2, 0.25) is 5.82 Å². The van der Waals surface area contributed by atoms with Crippen molar-refractivity contribution < 1.29 is 18.6 Å². The van der Waals surface area contributed by atoms with Crippen molar-refractivity contribution in [3.05, 3.63) is 65.7 Å². The average molecular weight is 293 g/mol. The minimum absolute atomic E-state index is 0.0618. The van der Waals surface area contributed by atoms with Crippen LogP contribution in [-0.2, 0) is 5.54 Å². The summed E-state index contributed by atoms with van der Waals surface area (Å²) in [4.78, 5) is 0. The molecular formula is C16H17F2NO2. The van der Waals surface area contributed by atoms with Crippen LogP contribution in [0.3, 0.4) is 0 Å². The zero-order chi connectivity index (χ0) is 15.3. The number of aliphatic hydroxyl groups excluding tert-OH is 1. The maximum atomic E-state index is 13.4. The second-order valence-electron chi connectivity index (χ2n) is 4.83. The lowest BCUT2D eigenvalue weighted by atomic mass is 9.89. The standard InChI is InChI=1S/C16H17F2NO2/c17-13-7-4-8-14(15(13)18)21-10-9-16(19,11-20)12-5-2-1-3-6-12/h1-8,20H,9-11,19H2. The molecule has 0 aliphatic carbocycles. The highest BCUT2D eigenvalue weighted by Crippen LogP contribution is 2.24. The molecule has 0 aliphatic rings. The first-order valence-corrected chi connectivity index (χ1v) is 6.59. The van der Waals surface area contributed by atoms with Gasteiger partial charge in [-0.05, 0) is 17.7 Å². The third kappa shape index (κ3) is 3.56. The number of halogens is 2. The van der Waals surface area contributed by atoms with Gasteiger partial charge in [0.15, 0.2) is 11.6 Å². The number of rotatable bonds is 6. The van der Waals surface area contributed by atoms with Crippen LogP contribution < -0.4 is 10.5 Å². The van der Waals surface area contributed by atoms with Crippen LogP contribution in [0.1, 0.15) is 12.0 Å². The summed E-state index contributed by atoms with van der Waals surface area (Å²) >= 11 is 0. The number of aliphatic hydroxyl groups is 1. The van der Waals surface area contributed by atoms with Crippen LogP contribution in [-0.4, -0.2) is 18.3 Å². The van der Waals surface area contributed by atoms with Crippen LogP contribution in [0.15, 0.2) is 48.5 Å². The summed E-state index contributed by atoms with van der Waals surface area (Å²) in [5, 5.41) is 9.52. The van der Waals surface area contributed by atoms with Crippen LogP contribution >= 0.6 is 0 Å². The van der Waals surface area contributed by atoms with E-state index in [0.717, 1.165) is 11.6 Å². The Bertz CT molecular complexity index is 592. The van der Waals surface area contributed by atoms with Crippen LogP contribution in [0, 0.1) is 11.6 Å². The van der Waals surface area contributed by atoms with Crippen LogP contribution in [0.25, 0.3) is 0 Å². The number of hydrogen-bond donors (Lipinski definition) is 2. The third-order valence-corrected chi connectivity index (χ3v) is 3.35. The molecule has 0 amide bonds. The Kier molecular flexibility index (Phi) is 4.88. The smallest absolute Gasteiger partial charge is 0.200 e. The van der Waals surface area contributed by atoms with Crippen molar-refractivity contribution in [3.63, 3.8) is 0 Å². The van der Waals surface area contributed by atoms with Crippen LogP contribution in [0.5, 0.6) is 5.75 Å². The van der Waals surface area contributed by atoms with E-state index in [2.05, 4.69) is 0 Å². The van der Waals surface area contributed by atoms with E-state index in [1.807, 2.05) is 18.2 Å². The second kappa shape index (κ2) is 6.65. The molecule has 1 atom stereocenters. The first-order chi connectivity index (χ1) is 10.1. The Balaban J connectivity index is 2.03. The first-order valence-electron chi connectivity index (χ1n) is 6.59. The molecule has 0 radical (unpaired) electrons. The van der Waals surface area contributed by atoms with Gasteiger partial charge < -0.3 is 15.6 Å². The van der Waals surface area contributed by atoms with Crippen molar-refractivity contribution in [2.75, 3.05) is 13.2 Å². The van der Waals surface area contributed by atoms with Gasteiger partial charge in [0.25, 0.3) is 0 Å². The summed E-state index contributed by atoms with van der Waals surface area (Å²) < 4.78 is 31.7. The van der Waals surface area contributed by atoms with E-state index in [1.165, 1.54) is 12.1 Å². The lowest BCUT2D eigenvalue weighted by Gasteiger charge is -2.27. The maximum Gasteiger partial charge on any atom is 0.200 e. The quantitative estimate of drug-likeness (QED) is 0.860. The van der Waals surface area contributed by atoms with Crippen molar-refractivity contribution in [1.29, 1.82) is 0 Å². The van der Waals surface area contributed by atoms with E-state index in [4.69, 9.17) is 10.5 Å². The van der Waals surface area contributed by atoms with E-state index in [-0.39, 0.29) is 25.4 Å². The van der Waals surface area contributed by atoms with E-state index >= 15 is 0 Å². The fourth-order valence-electron chi connectivity index (χ4n) is 2.02. The monoisotopic (exact) mass is 293 g/mol. The van der Waals surface area contributed by atoms with E-state index in [0.29, 0.717) is 0 Å². The number of hydrogen-bond acceptors (Lipinski definition) is 3. The number of nitrogens with two attached hydrogens (primary N) is 1. The summed E-state index contributed by atoms with van der Waals surface area (Å²) in [5.74, 6) is -2.15. The minimum atomic E-state index is -1.02. The second-order valence-corrected chi connectivity index (χ2v) is 4.83. The highest BCUT2D eigenvalue weighted by molar-refractivity contribution is 5.26. The lowest BCUT2D eigenvalue weighted by Crippen LogP contribution is -2.42. The molecule has 0 fully saturated rings. The SMILES string of the molecule is NC(CO)(CCOc1cccc(F)c1F)c1ccccc1. The summed E-state index contributed by atoms with van der Waals surface area (Å²) in [5.41, 5.74) is 5.93. The third-order valence-electron chi connectivity index (χ3n) is 3.35. The number of benzene rings is 2. The molecule has 5 heteroatoms. The molecule has 0 aromatic heterocycles. The topological polar surface area (TPSA) is 55.5 Å². The summed E-state index contributed by atoms with van der Waals surface area (Å²) in [6.45, 7) is -0.210. The molecule has 0 saturated heterocycles. The van der Waals surface area contributed by atoms with Gasteiger partial charge in [-0.15, -0.1) is 0 Å². The van der Waals surface area contributed by atoms with Gasteiger partial charge in [0.1, 0.15) is 0 Å². The van der Waals surface area contributed by atoms with Gasteiger partial charge in [-0.2, -0.15) is 4.39 Å². The predicted molar refractivity (Wildman–Crippen MR) is 75.9 cm³/mol. The van der Waals surface area contributed by atoms with Gasteiger partial charge in [-0.3, -0.25) is 0 Å². The zero-order valence-electron chi connectivity index (χ0n) is 11.4. The molecule has 1 unspecified atom stereocenters. The van der Waals surface area contributed by atoms with Gasteiger partial charge in [-0.1, -0.05) is 36.4 Å². The van der Waals surface area contributed by atoms with Gasteiger partial charge in [0.05, 0.1) is 18.8 Å². The van der Waals surface area contributed by atoms with E-state index in [1.54, 1.807) is 12.1 Å². The first kappa shape index (κ1) is 15.4. The molecule has 3 nitrogen and oxygen atoms in total. The highest BCUT2D eigenvalue weighted by atomic mass is 19.2. The van der Waals surface area contributed by atoms with Crippen molar-refractivity contribution in [3.8, 4) is 5.75 Å². The molecule has 2 rings (SSSR count). The molecule has 0 bridgehead atoms. The molecule has 0 aliphatic heterocycles. The van der Waals surface area contributed by atoms with Gasteiger partial charge >= 0.3 is 0 Å². The molecule has 112 valence electrons. The zero-order valence-corrected chi connectivity index (χ0v) is 11.4. The maximum absolute atomic E-state index is 13.4. The Morgan fingerprint density at radius 1 is 1.05 bits per heavy atom. The molecule has 21 heavy (non-hydrogen) atoms. The van der Waals surface area contributed by atoms with Crippen LogP contribution in [0.4, 0.5) is 8.78 Å². The molecule has 3 N–H and O–H groups in total. The van der Waals surface area contributed by atoms with Crippen molar-refractivity contribution >= 4 is 0 Å². The molecule has 0 saturated carbocycles. The summed E-state index contributed by atoms with van der Waals surface area (Å²) in [7, 11) is 0. The van der Waals surface area contributed by atoms with Gasteiger partial charge in [0, 0.05) is 6.42 Å². The van der Waals surface area contributed by atoms with E-state index < -0.39 is 17.2 Å². The Labute approximate surface area is 122 Å². The highest BCUT2D eigenvalue weighted by Gasteiger charge is 2.26. The molecule has 0 heterocycles. The fourth-order valence-corrected chi connectivity index (χ4v) is 2.02. The Morgan fingerprint density at radius 2 is 1.76 bits per heavy atom. The van der Waals surface area contributed by atoms with Crippen LogP contribution in [0.2, 0.25) is 0 Å². The van der Waals surface area contributed by atoms with Crippen molar-refractivity contribution in [1.82, 2.24) is 0 Å². The predicted octanol–water partition coefficient (Wildman–Crippen LogP) is 2.58. The Morgan fingerprint density at radius 3 is 2.43 bits per heavy atom. The number of ether oxygens (including phenoxy) is 1. The van der Waals surface area contributed by atoms with Gasteiger partial charge in [-0.25, -0.2) is 4.39 Å². The molecule has 2 aromatic carbocycles. The van der Waals surface area contributed by atoms with Crippen molar-refractivity contribution in [2.24, 2.45) is 5.73 Å². The van der Waals surface area contributed by atoms with E-state index in [9.17, 15) is 13.9 Å². The normalized spacial score (nSPS) is 13.7. The molecule has 0 spiro atoms. The molecular weight excluding hydrogens is 276 g/mol. The molecule has 2 aromatic rings. The largest absolute Gasteiger partial charge is 0.490 e. The minimum Gasteiger partial charge on any atom is -0.490 e. The lowest BCUT2D eigenvalue weighted by molar-refractivity contribution is 0.160. The summed E-state index contributed by atoms with van der Waals surface area (Å²) in [6, 6.07) is 12.8. The summed E-state index contributed by atoms with van der Waals surface area (Å²) in [6.07, 6.45) is 0.267. The Hall–Kier alpha value is -1.98. The van der Waals surface area contributed by atoms with Crippen molar-refractivity contribution in [2.45, 2.75) is 12.0 Å².